The van der Waals surface area contributed by atoms with E-state index < -0.39 is 21.8 Å². The fraction of sp³-hybridized carbons (Fsp3) is 0.455. The molecular formula is C22H25F3N2O3S. The summed E-state index contributed by atoms with van der Waals surface area (Å²) in [5, 5.41) is 0. The Morgan fingerprint density at radius 3 is 2.35 bits per heavy atom. The van der Waals surface area contributed by atoms with E-state index in [0.717, 1.165) is 25.2 Å². The van der Waals surface area contributed by atoms with E-state index in [9.17, 15) is 21.6 Å². The van der Waals surface area contributed by atoms with E-state index >= 15 is 0 Å². The van der Waals surface area contributed by atoms with Crippen LogP contribution >= 0.6 is 0 Å². The summed E-state index contributed by atoms with van der Waals surface area (Å²) in [5.74, 6) is -0.427. The number of sulfonamides is 1. The fourth-order valence-corrected chi connectivity index (χ4v) is 5.94. The van der Waals surface area contributed by atoms with Crippen molar-refractivity contribution < 1.29 is 26.3 Å². The van der Waals surface area contributed by atoms with Gasteiger partial charge in [0.25, 0.3) is 0 Å². The maximum atomic E-state index is 13.3. The molecule has 31 heavy (non-hydrogen) atoms. The van der Waals surface area contributed by atoms with Gasteiger partial charge in [0.15, 0.2) is 0 Å². The monoisotopic (exact) mass is 454 g/mol. The third-order valence-corrected chi connectivity index (χ3v) is 7.87. The van der Waals surface area contributed by atoms with E-state index in [1.807, 2.05) is 0 Å². The standard InChI is InChI=1S/C22H25F3N2O3S/c23-22(24,25)19-6-4-5-17(13-19)21-16-27(31(28,29)20-7-2-1-3-8-20)15-18(21)14-26-9-11-30-12-10-26/h1-8,13,18,21H,9-12,14-16H2/t18-,21+/m1/s1. The van der Waals surface area contributed by atoms with E-state index in [4.69, 9.17) is 4.74 Å². The highest BCUT2D eigenvalue weighted by Crippen LogP contribution is 2.38. The lowest BCUT2D eigenvalue weighted by Gasteiger charge is -2.31. The summed E-state index contributed by atoms with van der Waals surface area (Å²) >= 11 is 0. The first-order chi connectivity index (χ1) is 14.7. The molecule has 5 nitrogen and oxygen atoms in total. The average molecular weight is 455 g/mol. The van der Waals surface area contributed by atoms with Crippen molar-refractivity contribution in [3.8, 4) is 0 Å². The van der Waals surface area contributed by atoms with Crippen LogP contribution in [0.1, 0.15) is 17.0 Å². The van der Waals surface area contributed by atoms with Gasteiger partial charge in [0.2, 0.25) is 10.0 Å². The van der Waals surface area contributed by atoms with Gasteiger partial charge in [-0.2, -0.15) is 17.5 Å². The van der Waals surface area contributed by atoms with Gasteiger partial charge < -0.3 is 4.74 Å². The Morgan fingerprint density at radius 2 is 1.68 bits per heavy atom. The topological polar surface area (TPSA) is 49.9 Å². The molecule has 2 fully saturated rings. The molecule has 2 aliphatic rings. The average Bonchev–Trinajstić information content (AvgIpc) is 3.19. The lowest BCUT2D eigenvalue weighted by molar-refractivity contribution is -0.137. The number of alkyl halides is 3. The number of morpholine rings is 1. The molecule has 2 aromatic rings. The van der Waals surface area contributed by atoms with Gasteiger partial charge >= 0.3 is 6.18 Å². The molecule has 2 aromatic carbocycles. The first-order valence-electron chi connectivity index (χ1n) is 10.3. The third kappa shape index (κ3) is 4.95. The molecule has 2 atom stereocenters. The number of halogens is 3. The predicted molar refractivity (Wildman–Crippen MR) is 110 cm³/mol. The van der Waals surface area contributed by atoms with E-state index in [0.29, 0.717) is 25.3 Å². The summed E-state index contributed by atoms with van der Waals surface area (Å²) in [4.78, 5) is 2.40. The van der Waals surface area contributed by atoms with Gasteiger partial charge in [0.1, 0.15) is 0 Å². The Hall–Kier alpha value is -1.94. The largest absolute Gasteiger partial charge is 0.416 e. The summed E-state index contributed by atoms with van der Waals surface area (Å²) in [5.41, 5.74) is -0.182. The summed E-state index contributed by atoms with van der Waals surface area (Å²) in [7, 11) is -3.72. The molecule has 2 aliphatic heterocycles. The number of benzene rings is 2. The van der Waals surface area contributed by atoms with Crippen molar-refractivity contribution in [3.05, 3.63) is 65.7 Å². The maximum Gasteiger partial charge on any atom is 0.416 e. The number of hydrogen-bond acceptors (Lipinski definition) is 4. The van der Waals surface area contributed by atoms with Gasteiger partial charge in [-0.1, -0.05) is 36.4 Å². The van der Waals surface area contributed by atoms with Crippen molar-refractivity contribution in [1.29, 1.82) is 0 Å². The van der Waals surface area contributed by atoms with Crippen molar-refractivity contribution in [2.75, 3.05) is 45.9 Å². The summed E-state index contributed by atoms with van der Waals surface area (Å²) in [6.07, 6.45) is -4.44. The molecule has 0 N–H and O–H groups in total. The highest BCUT2D eigenvalue weighted by molar-refractivity contribution is 7.89. The molecule has 168 valence electrons. The Morgan fingerprint density at radius 1 is 0.968 bits per heavy atom. The van der Waals surface area contributed by atoms with E-state index in [-0.39, 0.29) is 29.8 Å². The normalized spacial score (nSPS) is 23.8. The van der Waals surface area contributed by atoms with Gasteiger partial charge in [-0.25, -0.2) is 8.42 Å². The van der Waals surface area contributed by atoms with Gasteiger partial charge in [-0.05, 0) is 29.7 Å². The summed E-state index contributed by atoms with van der Waals surface area (Å²) in [6, 6.07) is 13.5. The van der Waals surface area contributed by atoms with Gasteiger partial charge in [-0.3, -0.25) is 4.90 Å². The lowest BCUT2D eigenvalue weighted by Crippen LogP contribution is -2.41. The van der Waals surface area contributed by atoms with Crippen LogP contribution in [0.4, 0.5) is 13.2 Å². The molecule has 0 unspecified atom stereocenters. The minimum Gasteiger partial charge on any atom is -0.379 e. The van der Waals surface area contributed by atoms with Crippen LogP contribution in [0.2, 0.25) is 0 Å². The van der Waals surface area contributed by atoms with E-state index in [2.05, 4.69) is 4.90 Å². The molecule has 2 saturated heterocycles. The smallest absolute Gasteiger partial charge is 0.379 e. The molecule has 0 aliphatic carbocycles. The minimum atomic E-state index is -4.44. The first kappa shape index (κ1) is 22.3. The lowest BCUT2D eigenvalue weighted by atomic mass is 9.87. The minimum absolute atomic E-state index is 0.111. The van der Waals surface area contributed by atoms with E-state index in [1.54, 1.807) is 36.4 Å². The highest BCUT2D eigenvalue weighted by atomic mass is 32.2. The Bertz CT molecular complexity index is 993. The summed E-state index contributed by atoms with van der Waals surface area (Å²) < 4.78 is 73.0. The molecular weight excluding hydrogens is 429 g/mol. The SMILES string of the molecule is O=S(=O)(c1ccccc1)N1C[C@@H](CN2CCOCC2)[C@H](c2cccc(C(F)(F)F)c2)C1. The zero-order chi connectivity index (χ0) is 22.1. The van der Waals surface area contributed by atoms with Crippen LogP contribution < -0.4 is 0 Å². The Labute approximate surface area is 180 Å². The van der Waals surface area contributed by atoms with Crippen molar-refractivity contribution in [2.45, 2.75) is 17.0 Å². The van der Waals surface area contributed by atoms with Crippen LogP contribution in [0.3, 0.4) is 0 Å². The van der Waals surface area contributed by atoms with Crippen LogP contribution in [-0.2, 0) is 20.9 Å². The second kappa shape index (κ2) is 8.90. The predicted octanol–water partition coefficient (Wildman–Crippen LogP) is 3.44. The molecule has 0 amide bonds. The Balaban J connectivity index is 1.64. The van der Waals surface area contributed by atoms with Crippen molar-refractivity contribution in [2.24, 2.45) is 5.92 Å². The van der Waals surface area contributed by atoms with Crippen molar-refractivity contribution in [1.82, 2.24) is 9.21 Å². The third-order valence-electron chi connectivity index (χ3n) is 6.03. The maximum absolute atomic E-state index is 13.3. The van der Waals surface area contributed by atoms with Crippen LogP contribution in [-0.4, -0.2) is 63.6 Å². The molecule has 0 radical (unpaired) electrons. The van der Waals surface area contributed by atoms with Crippen molar-refractivity contribution in [3.63, 3.8) is 0 Å². The quantitative estimate of drug-likeness (QED) is 0.695. The van der Waals surface area contributed by atoms with Gasteiger partial charge in [0.05, 0.1) is 23.7 Å². The highest BCUT2D eigenvalue weighted by Gasteiger charge is 2.41. The fourth-order valence-electron chi connectivity index (χ4n) is 4.39. The molecule has 4 rings (SSSR count). The molecule has 0 aromatic heterocycles. The number of rotatable bonds is 5. The molecule has 0 bridgehead atoms. The Kier molecular flexibility index (Phi) is 6.39. The summed E-state index contributed by atoms with van der Waals surface area (Å²) in [6.45, 7) is 3.72. The van der Waals surface area contributed by atoms with E-state index in [1.165, 1.54) is 10.4 Å². The van der Waals surface area contributed by atoms with Crippen LogP contribution in [0.15, 0.2) is 59.5 Å². The zero-order valence-corrected chi connectivity index (χ0v) is 17.8. The second-order valence-corrected chi connectivity index (χ2v) is 9.98. The van der Waals surface area contributed by atoms with Gasteiger partial charge in [0, 0.05) is 38.6 Å². The van der Waals surface area contributed by atoms with Crippen LogP contribution in [0.5, 0.6) is 0 Å². The second-order valence-electron chi connectivity index (χ2n) is 8.04. The molecule has 9 heteroatoms. The number of hydrogen-bond donors (Lipinski definition) is 0. The molecule has 0 spiro atoms. The first-order valence-corrected chi connectivity index (χ1v) is 11.7. The van der Waals surface area contributed by atoms with Crippen LogP contribution in [0.25, 0.3) is 0 Å². The van der Waals surface area contributed by atoms with Gasteiger partial charge in [-0.15, -0.1) is 0 Å². The number of nitrogens with zero attached hydrogens (tertiary/aromatic N) is 2. The molecule has 2 heterocycles. The zero-order valence-electron chi connectivity index (χ0n) is 17.0. The molecule has 0 saturated carbocycles. The number of ether oxygens (including phenoxy) is 1. The van der Waals surface area contributed by atoms with Crippen molar-refractivity contribution >= 4 is 10.0 Å². The van der Waals surface area contributed by atoms with Crippen LogP contribution in [0, 0.1) is 5.92 Å².